The Morgan fingerprint density at radius 1 is 1.52 bits per heavy atom. The highest BCUT2D eigenvalue weighted by atomic mass is 16.6. The van der Waals surface area contributed by atoms with Crippen LogP contribution >= 0.6 is 0 Å². The fraction of sp³-hybridized carbons (Fsp3) is 0.750. The summed E-state index contributed by atoms with van der Waals surface area (Å²) in [6.07, 6.45) is 4.85. The number of aliphatic imine (C=N–C) groups is 1. The number of nitrogens with two attached hydrogens (primary N) is 1. The molecular weight excluding hydrogens is 268 g/mol. The Hall–Kier alpha value is -1.20. The molecule has 0 spiro atoms. The van der Waals surface area contributed by atoms with Crippen molar-refractivity contribution in [2.24, 2.45) is 22.6 Å². The van der Waals surface area contributed by atoms with Gasteiger partial charge in [-0.25, -0.2) is 4.79 Å². The number of carbonyl (C=O) groups excluding carboxylic acids is 1. The summed E-state index contributed by atoms with van der Waals surface area (Å²) in [5.41, 5.74) is 8.28. The molecule has 2 heterocycles. The molecule has 0 aromatic carbocycles. The van der Waals surface area contributed by atoms with Gasteiger partial charge in [-0.05, 0) is 33.1 Å². The van der Waals surface area contributed by atoms with Crippen LogP contribution in [0.3, 0.4) is 0 Å². The van der Waals surface area contributed by atoms with Gasteiger partial charge >= 0.3 is 5.97 Å². The topological polar surface area (TPSA) is 77.2 Å². The average Bonchev–Trinajstić information content (AvgIpc) is 2.92. The summed E-state index contributed by atoms with van der Waals surface area (Å²) >= 11 is 0. The monoisotopic (exact) mass is 290 g/mol. The Labute approximate surface area is 124 Å². The number of fused-ring (bicyclic) bond motifs is 5. The fourth-order valence-corrected chi connectivity index (χ4v) is 4.60. The number of hydrogen-bond acceptors (Lipinski definition) is 5. The lowest BCUT2D eigenvalue weighted by atomic mass is 9.80. The molecule has 5 heteroatoms. The van der Waals surface area contributed by atoms with Crippen molar-refractivity contribution in [2.45, 2.75) is 57.0 Å². The number of carbonyl (C=O) groups is 1. The zero-order chi connectivity index (χ0) is 14.8. The van der Waals surface area contributed by atoms with Gasteiger partial charge in [0.25, 0.3) is 0 Å². The quantitative estimate of drug-likeness (QED) is 0.359. The predicted octanol–water partition coefficient (Wildman–Crippen LogP) is 1.21. The first-order chi connectivity index (χ1) is 10.1. The highest BCUT2D eigenvalue weighted by Gasteiger charge is 2.69. The first-order valence-electron chi connectivity index (χ1n) is 7.84. The number of epoxide rings is 1. The molecule has 6 atom stereocenters. The number of nitrogens with zero attached hydrogens (tertiary/aromatic N) is 1. The third-order valence-corrected chi connectivity index (χ3v) is 5.80. The summed E-state index contributed by atoms with van der Waals surface area (Å²) in [7, 11) is 0. The van der Waals surface area contributed by atoms with Gasteiger partial charge in [0.05, 0.1) is 6.10 Å². The number of esters is 1. The Morgan fingerprint density at radius 3 is 3.10 bits per heavy atom. The Morgan fingerprint density at radius 2 is 2.33 bits per heavy atom. The van der Waals surface area contributed by atoms with Gasteiger partial charge in [0.15, 0.2) is 6.04 Å². The normalized spacial score (nSPS) is 48.0. The maximum Gasteiger partial charge on any atom is 0.331 e. The third kappa shape index (κ3) is 1.77. The van der Waals surface area contributed by atoms with E-state index in [9.17, 15) is 4.79 Å². The van der Waals surface area contributed by atoms with Crippen LogP contribution in [0.4, 0.5) is 0 Å². The largest absolute Gasteiger partial charge is 0.460 e. The number of allylic oxidation sites excluding steroid dienone is 1. The second-order valence-electron chi connectivity index (χ2n) is 6.89. The SMILES string of the molecule is CC1=C2C[C@H]3O[C@]3(C)C2[C@H]2OC(=O)[C@@H](N=CCN)[C@@H]2CC1. The van der Waals surface area contributed by atoms with Crippen molar-refractivity contribution in [3.8, 4) is 0 Å². The lowest BCUT2D eigenvalue weighted by molar-refractivity contribution is -0.144. The fourth-order valence-electron chi connectivity index (χ4n) is 4.60. The van der Waals surface area contributed by atoms with Crippen LogP contribution in [0, 0.1) is 11.8 Å². The molecule has 1 unspecified atom stereocenters. The minimum absolute atomic E-state index is 0.0811. The van der Waals surface area contributed by atoms with Crippen LogP contribution in [-0.4, -0.2) is 42.6 Å². The Bertz CT molecular complexity index is 556. The molecule has 2 aliphatic heterocycles. The maximum absolute atomic E-state index is 12.2. The molecule has 0 aromatic rings. The van der Waals surface area contributed by atoms with E-state index in [0.29, 0.717) is 12.6 Å². The number of hydrogen-bond donors (Lipinski definition) is 1. The highest BCUT2D eigenvalue weighted by Crippen LogP contribution is 2.61. The van der Waals surface area contributed by atoms with Crippen molar-refractivity contribution in [1.82, 2.24) is 0 Å². The Kier molecular flexibility index (Phi) is 2.82. The molecule has 114 valence electrons. The van der Waals surface area contributed by atoms with Crippen LogP contribution in [0.1, 0.15) is 33.1 Å². The van der Waals surface area contributed by atoms with Crippen LogP contribution in [-0.2, 0) is 14.3 Å². The van der Waals surface area contributed by atoms with E-state index in [1.54, 1.807) is 6.21 Å². The van der Waals surface area contributed by atoms with E-state index in [4.69, 9.17) is 15.2 Å². The first-order valence-corrected chi connectivity index (χ1v) is 7.84. The summed E-state index contributed by atoms with van der Waals surface area (Å²) in [4.78, 5) is 16.6. The average molecular weight is 290 g/mol. The van der Waals surface area contributed by atoms with E-state index in [2.05, 4.69) is 18.8 Å². The molecule has 0 amide bonds. The summed E-state index contributed by atoms with van der Waals surface area (Å²) < 4.78 is 11.7. The van der Waals surface area contributed by atoms with Crippen LogP contribution in [0.25, 0.3) is 0 Å². The molecule has 0 bridgehead atoms. The number of ether oxygens (including phenoxy) is 2. The summed E-state index contributed by atoms with van der Waals surface area (Å²) in [5, 5.41) is 0. The van der Waals surface area contributed by atoms with E-state index in [0.717, 1.165) is 19.3 Å². The molecule has 21 heavy (non-hydrogen) atoms. The molecule has 3 fully saturated rings. The van der Waals surface area contributed by atoms with Crippen molar-refractivity contribution in [1.29, 1.82) is 0 Å². The van der Waals surface area contributed by atoms with Crippen molar-refractivity contribution in [3.05, 3.63) is 11.1 Å². The summed E-state index contributed by atoms with van der Waals surface area (Å²) in [6, 6.07) is -0.382. The van der Waals surface area contributed by atoms with Crippen molar-refractivity contribution in [2.75, 3.05) is 6.54 Å². The van der Waals surface area contributed by atoms with E-state index in [1.807, 2.05) is 0 Å². The van der Waals surface area contributed by atoms with E-state index < -0.39 is 0 Å². The third-order valence-electron chi connectivity index (χ3n) is 5.80. The highest BCUT2D eigenvalue weighted by molar-refractivity contribution is 5.81. The molecular formula is C16H22N2O3. The van der Waals surface area contributed by atoms with Gasteiger partial charge in [0.1, 0.15) is 11.7 Å². The number of rotatable bonds is 2. The van der Waals surface area contributed by atoms with E-state index in [-0.39, 0.29) is 35.6 Å². The zero-order valence-electron chi connectivity index (χ0n) is 12.5. The summed E-state index contributed by atoms with van der Waals surface area (Å²) in [6.45, 7) is 4.74. The van der Waals surface area contributed by atoms with Crippen molar-refractivity contribution in [3.63, 3.8) is 0 Å². The maximum atomic E-state index is 12.2. The molecule has 0 aromatic heterocycles. The molecule has 2 aliphatic carbocycles. The standard InChI is InChI=1S/C16H22N2O3/c1-8-3-4-9-13(18-6-5-17)15(19)20-14(9)12-10(8)7-11-16(12,2)21-11/h6,9,11-14H,3-5,7,17H2,1-2H3/t9-,11+,12?,13-,14-,16-/m0/s1. The van der Waals surface area contributed by atoms with Crippen molar-refractivity contribution >= 4 is 12.2 Å². The van der Waals surface area contributed by atoms with Gasteiger partial charge in [-0.3, -0.25) is 4.99 Å². The second kappa shape index (κ2) is 4.40. The van der Waals surface area contributed by atoms with Gasteiger partial charge < -0.3 is 15.2 Å². The van der Waals surface area contributed by atoms with E-state index in [1.165, 1.54) is 11.1 Å². The molecule has 0 radical (unpaired) electrons. The molecule has 5 nitrogen and oxygen atoms in total. The zero-order valence-corrected chi connectivity index (χ0v) is 12.5. The van der Waals surface area contributed by atoms with Crippen molar-refractivity contribution < 1.29 is 14.3 Å². The van der Waals surface area contributed by atoms with Crippen LogP contribution in [0.5, 0.6) is 0 Å². The summed E-state index contributed by atoms with van der Waals surface area (Å²) in [5.74, 6) is 0.177. The van der Waals surface area contributed by atoms with Gasteiger partial charge in [0, 0.05) is 24.6 Å². The molecule has 1 saturated carbocycles. The molecule has 4 rings (SSSR count). The van der Waals surface area contributed by atoms with Crippen LogP contribution in [0.15, 0.2) is 16.1 Å². The molecule has 4 aliphatic rings. The van der Waals surface area contributed by atoms with Gasteiger partial charge in [-0.2, -0.15) is 0 Å². The predicted molar refractivity (Wildman–Crippen MR) is 78.0 cm³/mol. The Balaban J connectivity index is 1.70. The van der Waals surface area contributed by atoms with Crippen LogP contribution in [0.2, 0.25) is 0 Å². The van der Waals surface area contributed by atoms with Gasteiger partial charge in [-0.15, -0.1) is 0 Å². The van der Waals surface area contributed by atoms with Crippen LogP contribution < -0.4 is 5.73 Å². The smallest absolute Gasteiger partial charge is 0.331 e. The lowest BCUT2D eigenvalue weighted by Crippen LogP contribution is -2.36. The minimum atomic E-state index is -0.382. The second-order valence-corrected chi connectivity index (χ2v) is 6.89. The van der Waals surface area contributed by atoms with E-state index >= 15 is 0 Å². The molecule has 2 N–H and O–H groups in total. The lowest BCUT2D eigenvalue weighted by Gasteiger charge is -2.27. The van der Waals surface area contributed by atoms with Gasteiger partial charge in [0.2, 0.25) is 0 Å². The first kappa shape index (κ1) is 13.5. The minimum Gasteiger partial charge on any atom is -0.460 e. The van der Waals surface area contributed by atoms with Gasteiger partial charge in [-0.1, -0.05) is 11.1 Å². The molecule has 2 saturated heterocycles.